The van der Waals surface area contributed by atoms with Gasteiger partial charge in [-0.25, -0.2) is 4.68 Å². The second kappa shape index (κ2) is 4.91. The van der Waals surface area contributed by atoms with E-state index in [2.05, 4.69) is 60.6 Å². The zero-order valence-corrected chi connectivity index (χ0v) is 13.1. The van der Waals surface area contributed by atoms with Crippen molar-refractivity contribution in [2.45, 2.75) is 32.7 Å². The van der Waals surface area contributed by atoms with Crippen molar-refractivity contribution in [1.82, 2.24) is 9.78 Å². The van der Waals surface area contributed by atoms with Crippen LogP contribution in [0.25, 0.3) is 0 Å². The fourth-order valence-electron chi connectivity index (χ4n) is 1.81. The summed E-state index contributed by atoms with van der Waals surface area (Å²) in [5, 5.41) is 4.66. The largest absolute Gasteiger partial charge is 0.383 e. The summed E-state index contributed by atoms with van der Waals surface area (Å²) >= 11 is 2.29. The van der Waals surface area contributed by atoms with Gasteiger partial charge >= 0.3 is 0 Å². The molecule has 0 bridgehead atoms. The van der Waals surface area contributed by atoms with E-state index in [-0.39, 0.29) is 5.41 Å². The van der Waals surface area contributed by atoms with Gasteiger partial charge in [-0.1, -0.05) is 51.1 Å². The van der Waals surface area contributed by atoms with Gasteiger partial charge in [0.05, 0.1) is 15.8 Å². The Balaban J connectivity index is 2.36. The lowest BCUT2D eigenvalue weighted by molar-refractivity contribution is 0.544. The SMILES string of the molecule is CC(C)(C)c1nn(Cc2ccccc2)c(N)c1I. The minimum Gasteiger partial charge on any atom is -0.383 e. The maximum atomic E-state index is 6.14. The summed E-state index contributed by atoms with van der Waals surface area (Å²) in [6.45, 7) is 7.19. The van der Waals surface area contributed by atoms with Crippen LogP contribution in [0.15, 0.2) is 30.3 Å². The Morgan fingerprint density at radius 1 is 1.22 bits per heavy atom. The van der Waals surface area contributed by atoms with E-state index in [1.54, 1.807) is 0 Å². The first-order valence-electron chi connectivity index (χ1n) is 5.96. The molecule has 0 spiro atoms. The number of hydrogen-bond acceptors (Lipinski definition) is 2. The van der Waals surface area contributed by atoms with Gasteiger partial charge in [-0.3, -0.25) is 0 Å². The fourth-order valence-corrected chi connectivity index (χ4v) is 3.00. The van der Waals surface area contributed by atoms with E-state index in [4.69, 9.17) is 5.73 Å². The minimum atomic E-state index is 0.0204. The number of rotatable bonds is 2. The molecule has 0 aliphatic carbocycles. The van der Waals surface area contributed by atoms with Crippen molar-refractivity contribution in [3.8, 4) is 0 Å². The van der Waals surface area contributed by atoms with Crippen LogP contribution in [0.2, 0.25) is 0 Å². The summed E-state index contributed by atoms with van der Waals surface area (Å²) in [5.74, 6) is 0.754. The number of anilines is 1. The summed E-state index contributed by atoms with van der Waals surface area (Å²) in [7, 11) is 0. The van der Waals surface area contributed by atoms with Crippen LogP contribution in [-0.2, 0) is 12.0 Å². The predicted molar refractivity (Wildman–Crippen MR) is 83.6 cm³/mol. The lowest BCUT2D eigenvalue weighted by Gasteiger charge is -2.15. The molecule has 2 aromatic rings. The number of benzene rings is 1. The lowest BCUT2D eigenvalue weighted by atomic mass is 9.92. The van der Waals surface area contributed by atoms with Crippen molar-refractivity contribution in [1.29, 1.82) is 0 Å². The van der Waals surface area contributed by atoms with Gasteiger partial charge in [-0.15, -0.1) is 0 Å². The molecule has 0 atom stereocenters. The molecule has 0 saturated heterocycles. The molecule has 0 amide bonds. The van der Waals surface area contributed by atoms with Crippen molar-refractivity contribution in [3.63, 3.8) is 0 Å². The summed E-state index contributed by atoms with van der Waals surface area (Å²) in [6.07, 6.45) is 0. The van der Waals surface area contributed by atoms with Crippen molar-refractivity contribution < 1.29 is 0 Å². The molecule has 1 heterocycles. The van der Waals surface area contributed by atoms with Crippen LogP contribution in [0.3, 0.4) is 0 Å². The monoisotopic (exact) mass is 355 g/mol. The van der Waals surface area contributed by atoms with Gasteiger partial charge < -0.3 is 5.73 Å². The highest BCUT2D eigenvalue weighted by molar-refractivity contribution is 14.1. The summed E-state index contributed by atoms with van der Waals surface area (Å²) < 4.78 is 2.95. The first kappa shape index (κ1) is 13.4. The average molecular weight is 355 g/mol. The van der Waals surface area contributed by atoms with E-state index in [9.17, 15) is 0 Å². The molecule has 1 aromatic carbocycles. The van der Waals surface area contributed by atoms with Gasteiger partial charge in [-0.05, 0) is 28.2 Å². The highest BCUT2D eigenvalue weighted by Gasteiger charge is 2.24. The zero-order valence-electron chi connectivity index (χ0n) is 10.9. The highest BCUT2D eigenvalue weighted by atomic mass is 127. The maximum Gasteiger partial charge on any atom is 0.135 e. The smallest absolute Gasteiger partial charge is 0.135 e. The number of nitrogens with zero attached hydrogens (tertiary/aromatic N) is 2. The van der Waals surface area contributed by atoms with Crippen molar-refractivity contribution >= 4 is 28.4 Å². The predicted octanol–water partition coefficient (Wildman–Crippen LogP) is 3.42. The molecule has 4 heteroatoms. The number of nitrogens with two attached hydrogens (primary N) is 1. The van der Waals surface area contributed by atoms with Crippen LogP contribution in [0.4, 0.5) is 5.82 Å². The zero-order chi connectivity index (χ0) is 13.3. The number of aromatic nitrogens is 2. The molecule has 0 aliphatic rings. The van der Waals surface area contributed by atoms with Crippen LogP contribution in [0.5, 0.6) is 0 Å². The van der Waals surface area contributed by atoms with E-state index in [0.29, 0.717) is 0 Å². The van der Waals surface area contributed by atoms with Crippen LogP contribution in [-0.4, -0.2) is 9.78 Å². The van der Waals surface area contributed by atoms with E-state index >= 15 is 0 Å². The third-order valence-corrected chi connectivity index (χ3v) is 3.88. The van der Waals surface area contributed by atoms with Gasteiger partial charge in [0, 0.05) is 5.41 Å². The maximum absolute atomic E-state index is 6.14. The minimum absolute atomic E-state index is 0.0204. The molecule has 2 N–H and O–H groups in total. The third kappa shape index (κ3) is 2.68. The fraction of sp³-hybridized carbons (Fsp3) is 0.357. The molecule has 96 valence electrons. The first-order chi connectivity index (χ1) is 8.39. The normalized spacial score (nSPS) is 11.8. The van der Waals surface area contributed by atoms with Crippen molar-refractivity contribution in [2.75, 3.05) is 5.73 Å². The van der Waals surface area contributed by atoms with Gasteiger partial charge in [-0.2, -0.15) is 5.10 Å². The number of halogens is 1. The van der Waals surface area contributed by atoms with Gasteiger partial charge in [0.1, 0.15) is 5.82 Å². The average Bonchev–Trinajstić information content (AvgIpc) is 2.58. The third-order valence-electron chi connectivity index (χ3n) is 2.82. The Labute approximate surface area is 122 Å². The van der Waals surface area contributed by atoms with Gasteiger partial charge in [0.15, 0.2) is 0 Å². The number of hydrogen-bond donors (Lipinski definition) is 1. The molecule has 2 rings (SSSR count). The molecular weight excluding hydrogens is 337 g/mol. The highest BCUT2D eigenvalue weighted by Crippen LogP contribution is 2.30. The quantitative estimate of drug-likeness (QED) is 0.839. The molecule has 0 radical (unpaired) electrons. The lowest BCUT2D eigenvalue weighted by Crippen LogP contribution is -2.14. The number of nitrogen functional groups attached to an aromatic ring is 1. The Hall–Kier alpha value is -1.04. The molecule has 18 heavy (non-hydrogen) atoms. The van der Waals surface area contributed by atoms with E-state index in [0.717, 1.165) is 21.6 Å². The first-order valence-corrected chi connectivity index (χ1v) is 7.03. The summed E-state index contributed by atoms with van der Waals surface area (Å²) in [4.78, 5) is 0. The molecular formula is C14H18IN3. The molecule has 1 aromatic heterocycles. The van der Waals surface area contributed by atoms with Crippen molar-refractivity contribution in [3.05, 3.63) is 45.2 Å². The second-order valence-electron chi connectivity index (χ2n) is 5.44. The Kier molecular flexibility index (Phi) is 3.66. The summed E-state index contributed by atoms with van der Waals surface area (Å²) in [6, 6.07) is 10.3. The topological polar surface area (TPSA) is 43.8 Å². The molecule has 3 nitrogen and oxygen atoms in total. The Morgan fingerprint density at radius 3 is 2.33 bits per heavy atom. The van der Waals surface area contributed by atoms with Crippen molar-refractivity contribution in [2.24, 2.45) is 0 Å². The van der Waals surface area contributed by atoms with Crippen LogP contribution in [0.1, 0.15) is 32.0 Å². The second-order valence-corrected chi connectivity index (χ2v) is 6.52. The molecule has 0 saturated carbocycles. The Bertz CT molecular complexity index is 538. The van der Waals surface area contributed by atoms with Crippen LogP contribution < -0.4 is 5.73 Å². The van der Waals surface area contributed by atoms with Gasteiger partial charge in [0.2, 0.25) is 0 Å². The van der Waals surface area contributed by atoms with Crippen LogP contribution in [0, 0.1) is 3.57 Å². The Morgan fingerprint density at radius 2 is 1.83 bits per heavy atom. The van der Waals surface area contributed by atoms with E-state index < -0.39 is 0 Å². The molecule has 0 aliphatic heterocycles. The van der Waals surface area contributed by atoms with E-state index in [1.165, 1.54) is 5.56 Å². The van der Waals surface area contributed by atoms with Gasteiger partial charge in [0.25, 0.3) is 0 Å². The van der Waals surface area contributed by atoms with Crippen LogP contribution >= 0.6 is 22.6 Å². The van der Waals surface area contributed by atoms with E-state index in [1.807, 2.05) is 22.9 Å². The summed E-state index contributed by atoms with van der Waals surface area (Å²) in [5.41, 5.74) is 8.44. The standard InChI is InChI=1S/C14H18IN3/c1-14(2,3)12-11(15)13(16)18(17-12)9-10-7-5-4-6-8-10/h4-8H,9,16H2,1-3H3. The molecule has 0 fully saturated rings. The molecule has 0 unspecified atom stereocenters.